The largest absolute Gasteiger partial charge is 0.444 e. The molecule has 2 aromatic carbocycles. The molecular formula is C39H49N7O4. The highest BCUT2D eigenvalue weighted by Gasteiger charge is 2.26. The smallest absolute Gasteiger partial charge is 0.407 e. The molecule has 2 fully saturated rings. The Hall–Kier alpha value is -4.77. The quantitative estimate of drug-likeness (QED) is 0.124. The highest BCUT2D eigenvalue weighted by Crippen LogP contribution is 2.31. The Morgan fingerprint density at radius 3 is 2.48 bits per heavy atom. The van der Waals surface area contributed by atoms with Crippen molar-refractivity contribution in [1.29, 1.82) is 0 Å². The molecule has 0 aliphatic carbocycles. The number of aromatic nitrogens is 3. The second-order valence-electron chi connectivity index (χ2n) is 14.6. The van der Waals surface area contributed by atoms with Gasteiger partial charge in [-0.2, -0.15) is 5.10 Å². The van der Waals surface area contributed by atoms with Crippen LogP contribution in [0.25, 0.3) is 22.2 Å². The number of aryl methyl sites for hydroxylation is 2. The topological polar surface area (TPSA) is 130 Å². The highest BCUT2D eigenvalue weighted by molar-refractivity contribution is 6.01. The number of pyridine rings is 1. The highest BCUT2D eigenvalue weighted by atomic mass is 16.6. The van der Waals surface area contributed by atoms with E-state index in [0.29, 0.717) is 25.3 Å². The Kier molecular flexibility index (Phi) is 10.8. The van der Waals surface area contributed by atoms with Crippen LogP contribution < -0.4 is 16.0 Å². The SMILES string of the molecule is Cc1cc(-c2ccnc3nn(CCCCN4CCC(c5ccc(NC6CCC(=O)NC6=O)cc5)CC4)cc23)ccc1CNC(=O)OC(C)(C)C. The first-order chi connectivity index (χ1) is 24.0. The summed E-state index contributed by atoms with van der Waals surface area (Å²) in [6.07, 6.45) is 8.84. The summed E-state index contributed by atoms with van der Waals surface area (Å²) in [7, 11) is 0. The van der Waals surface area contributed by atoms with E-state index in [2.05, 4.69) is 69.3 Å². The number of unbranched alkanes of at least 4 members (excludes halogenated alkanes) is 1. The molecule has 11 nitrogen and oxygen atoms in total. The number of fused-ring (bicyclic) bond motifs is 1. The second kappa shape index (κ2) is 15.4. The Morgan fingerprint density at radius 2 is 1.76 bits per heavy atom. The predicted molar refractivity (Wildman–Crippen MR) is 195 cm³/mol. The maximum atomic E-state index is 12.1. The maximum Gasteiger partial charge on any atom is 0.407 e. The molecule has 11 heteroatoms. The van der Waals surface area contributed by atoms with E-state index >= 15 is 0 Å². The minimum atomic E-state index is -0.531. The van der Waals surface area contributed by atoms with Crippen molar-refractivity contribution < 1.29 is 19.1 Å². The van der Waals surface area contributed by atoms with Gasteiger partial charge in [-0.15, -0.1) is 0 Å². The van der Waals surface area contributed by atoms with Gasteiger partial charge in [-0.1, -0.05) is 30.3 Å². The van der Waals surface area contributed by atoms with Gasteiger partial charge in [-0.05, 0) is 131 Å². The first-order valence-corrected chi connectivity index (χ1v) is 17.8. The van der Waals surface area contributed by atoms with Crippen LogP contribution >= 0.6 is 0 Å². The van der Waals surface area contributed by atoms with E-state index in [9.17, 15) is 14.4 Å². The van der Waals surface area contributed by atoms with E-state index < -0.39 is 11.7 Å². The van der Waals surface area contributed by atoms with Crippen LogP contribution in [0.15, 0.2) is 60.9 Å². The summed E-state index contributed by atoms with van der Waals surface area (Å²) in [4.78, 5) is 42.7. The number of anilines is 1. The molecule has 0 saturated carbocycles. The van der Waals surface area contributed by atoms with Crippen LogP contribution in [0, 0.1) is 6.92 Å². The third-order valence-corrected chi connectivity index (χ3v) is 9.61. The molecule has 50 heavy (non-hydrogen) atoms. The molecule has 2 aliphatic rings. The average molecular weight is 680 g/mol. The molecule has 0 bridgehead atoms. The number of nitrogens with one attached hydrogen (secondary N) is 3. The molecule has 3 N–H and O–H groups in total. The zero-order valence-corrected chi connectivity index (χ0v) is 29.6. The molecule has 4 heterocycles. The van der Waals surface area contributed by atoms with Crippen molar-refractivity contribution in [3.8, 4) is 11.1 Å². The number of hydrogen-bond acceptors (Lipinski definition) is 8. The van der Waals surface area contributed by atoms with Gasteiger partial charge in [0.05, 0.1) is 0 Å². The van der Waals surface area contributed by atoms with E-state index in [-0.39, 0.29) is 17.9 Å². The predicted octanol–water partition coefficient (Wildman–Crippen LogP) is 6.31. The van der Waals surface area contributed by atoms with Gasteiger partial charge in [0.25, 0.3) is 0 Å². The zero-order chi connectivity index (χ0) is 35.3. The van der Waals surface area contributed by atoms with Crippen LogP contribution in [-0.2, 0) is 27.4 Å². The molecule has 0 radical (unpaired) electrons. The molecular weight excluding hydrogens is 630 g/mol. The number of alkyl carbamates (subject to hydrolysis) is 1. The van der Waals surface area contributed by atoms with E-state index in [4.69, 9.17) is 9.84 Å². The third-order valence-electron chi connectivity index (χ3n) is 9.61. The average Bonchev–Trinajstić information content (AvgIpc) is 3.51. The van der Waals surface area contributed by atoms with Crippen molar-refractivity contribution in [3.05, 3.63) is 77.6 Å². The van der Waals surface area contributed by atoms with Crippen molar-refractivity contribution in [3.63, 3.8) is 0 Å². The Bertz CT molecular complexity index is 1820. The Morgan fingerprint density at radius 1 is 1.00 bits per heavy atom. The maximum absolute atomic E-state index is 12.1. The summed E-state index contributed by atoms with van der Waals surface area (Å²) < 4.78 is 7.39. The molecule has 6 rings (SSSR count). The number of carbonyl (C=O) groups is 3. The monoisotopic (exact) mass is 679 g/mol. The van der Waals surface area contributed by atoms with Crippen molar-refractivity contribution in [2.24, 2.45) is 0 Å². The molecule has 2 saturated heterocycles. The van der Waals surface area contributed by atoms with Crippen molar-refractivity contribution >= 4 is 34.6 Å². The lowest BCUT2D eigenvalue weighted by Gasteiger charge is -2.32. The molecule has 264 valence electrons. The lowest BCUT2D eigenvalue weighted by atomic mass is 9.89. The van der Waals surface area contributed by atoms with Crippen LogP contribution in [0.1, 0.15) is 81.9 Å². The van der Waals surface area contributed by atoms with E-state index in [1.54, 1.807) is 0 Å². The van der Waals surface area contributed by atoms with Gasteiger partial charge in [0.1, 0.15) is 11.6 Å². The normalized spacial score (nSPS) is 17.5. The van der Waals surface area contributed by atoms with Gasteiger partial charge in [-0.3, -0.25) is 19.6 Å². The number of amides is 3. The minimum absolute atomic E-state index is 0.198. The fourth-order valence-corrected chi connectivity index (χ4v) is 6.86. The molecule has 4 aromatic rings. The van der Waals surface area contributed by atoms with E-state index in [0.717, 1.165) is 90.8 Å². The Balaban J connectivity index is 0.949. The number of hydrogen-bond donors (Lipinski definition) is 3. The summed E-state index contributed by atoms with van der Waals surface area (Å²) in [6.45, 7) is 12.1. The lowest BCUT2D eigenvalue weighted by Crippen LogP contribution is -2.47. The van der Waals surface area contributed by atoms with Crippen molar-refractivity contribution in [2.75, 3.05) is 25.0 Å². The number of nitrogens with zero attached hydrogens (tertiary/aromatic N) is 4. The van der Waals surface area contributed by atoms with Gasteiger partial charge in [0, 0.05) is 43.0 Å². The summed E-state index contributed by atoms with van der Waals surface area (Å²) in [5.41, 5.74) is 6.80. The molecule has 2 aromatic heterocycles. The molecule has 2 aliphatic heterocycles. The number of benzene rings is 2. The fraction of sp³-hybridized carbons (Fsp3) is 0.462. The van der Waals surface area contributed by atoms with Crippen LogP contribution in [0.4, 0.5) is 10.5 Å². The van der Waals surface area contributed by atoms with Crippen LogP contribution in [0.5, 0.6) is 0 Å². The van der Waals surface area contributed by atoms with Gasteiger partial charge in [0.15, 0.2) is 5.65 Å². The van der Waals surface area contributed by atoms with Crippen LogP contribution in [0.3, 0.4) is 0 Å². The van der Waals surface area contributed by atoms with Crippen molar-refractivity contribution in [1.82, 2.24) is 30.3 Å². The molecule has 1 unspecified atom stereocenters. The number of carbonyl (C=O) groups excluding carboxylic acids is 3. The summed E-state index contributed by atoms with van der Waals surface area (Å²) in [5.74, 6) is 0.0996. The second-order valence-corrected chi connectivity index (χ2v) is 14.6. The molecule has 3 amide bonds. The Labute approximate surface area is 294 Å². The number of ether oxygens (including phenoxy) is 1. The van der Waals surface area contributed by atoms with Crippen molar-refractivity contribution in [2.45, 2.75) is 96.9 Å². The van der Waals surface area contributed by atoms with E-state index in [1.165, 1.54) is 5.56 Å². The number of piperidine rings is 2. The first kappa shape index (κ1) is 35.1. The minimum Gasteiger partial charge on any atom is -0.444 e. The number of rotatable bonds is 11. The first-order valence-electron chi connectivity index (χ1n) is 17.8. The third kappa shape index (κ3) is 9.06. The summed E-state index contributed by atoms with van der Waals surface area (Å²) in [6, 6.07) is 16.4. The molecule has 0 spiro atoms. The van der Waals surface area contributed by atoms with Crippen LogP contribution in [-0.4, -0.2) is 68.8 Å². The number of imide groups is 1. The fourth-order valence-electron chi connectivity index (χ4n) is 6.86. The summed E-state index contributed by atoms with van der Waals surface area (Å²) in [5, 5.41) is 14.3. The van der Waals surface area contributed by atoms with Gasteiger partial charge in [-0.25, -0.2) is 9.78 Å². The summed E-state index contributed by atoms with van der Waals surface area (Å²) >= 11 is 0. The number of likely N-dealkylation sites (tertiary alicyclic amines) is 1. The molecule has 1 atom stereocenters. The van der Waals surface area contributed by atoms with Crippen LogP contribution in [0.2, 0.25) is 0 Å². The van der Waals surface area contributed by atoms with Gasteiger partial charge in [0.2, 0.25) is 11.8 Å². The van der Waals surface area contributed by atoms with Gasteiger partial charge >= 0.3 is 6.09 Å². The lowest BCUT2D eigenvalue weighted by molar-refractivity contribution is -0.133. The standard InChI is InChI=1S/C39H49N7O4/c1-26-23-29(7-8-30(26)24-41-38(49)50-39(2,3)4)32-15-18-40-36-33(32)25-46(44-36)20-6-5-19-45-21-16-28(17-22-45)27-9-11-31(12-10-27)42-34-13-14-35(47)43-37(34)48/h7-12,15,18,23,25,28,34,42H,5-6,13-14,16-17,19-22,24H2,1-4H3,(H,41,49)(H,43,47,48). The zero-order valence-electron chi connectivity index (χ0n) is 29.6. The van der Waals surface area contributed by atoms with Gasteiger partial charge < -0.3 is 20.3 Å². The van der Waals surface area contributed by atoms with E-state index in [1.807, 2.05) is 49.8 Å².